The molecule has 2 rings (SSSR count). The van der Waals surface area contributed by atoms with E-state index in [-0.39, 0.29) is 5.25 Å². The molecule has 0 aromatic rings. The number of sulfonamides is 1. The van der Waals surface area contributed by atoms with Crippen molar-refractivity contribution in [3.8, 4) is 0 Å². The summed E-state index contributed by atoms with van der Waals surface area (Å²) in [6, 6.07) is 0. The van der Waals surface area contributed by atoms with E-state index in [2.05, 4.69) is 0 Å². The van der Waals surface area contributed by atoms with E-state index in [1.54, 1.807) is 24.4 Å². The highest BCUT2D eigenvalue weighted by Gasteiger charge is 2.35. The molecule has 0 aliphatic carbocycles. The van der Waals surface area contributed by atoms with Crippen LogP contribution in [-0.2, 0) is 10.0 Å². The Morgan fingerprint density at radius 1 is 1.36 bits per heavy atom. The highest BCUT2D eigenvalue weighted by Crippen LogP contribution is 2.24. The molecule has 2 heterocycles. The highest BCUT2D eigenvalue weighted by molar-refractivity contribution is 7.90. The first-order valence-electron chi connectivity index (χ1n) is 3.57. The van der Waals surface area contributed by atoms with Crippen molar-refractivity contribution < 1.29 is 8.42 Å². The summed E-state index contributed by atoms with van der Waals surface area (Å²) in [6.45, 7) is 0.633. The van der Waals surface area contributed by atoms with Gasteiger partial charge < -0.3 is 0 Å². The zero-order valence-corrected chi connectivity index (χ0v) is 6.79. The summed E-state index contributed by atoms with van der Waals surface area (Å²) in [7, 11) is -3.01. The van der Waals surface area contributed by atoms with E-state index in [4.69, 9.17) is 0 Å². The normalized spacial score (nSPS) is 32.4. The maximum absolute atomic E-state index is 11.4. The van der Waals surface area contributed by atoms with E-state index in [0.717, 1.165) is 6.42 Å². The SMILES string of the molecule is O=S1(=O)[C@H]2C=CC=CN1CC2. The molecule has 0 saturated carbocycles. The lowest BCUT2D eigenvalue weighted by atomic mass is 10.2. The third-order valence-corrected chi connectivity index (χ3v) is 4.15. The van der Waals surface area contributed by atoms with Crippen LogP contribution in [0.1, 0.15) is 6.42 Å². The minimum Gasteiger partial charge on any atom is -0.277 e. The molecule has 11 heavy (non-hydrogen) atoms. The van der Waals surface area contributed by atoms with Crippen LogP contribution in [0, 0.1) is 0 Å². The van der Waals surface area contributed by atoms with Crippen molar-refractivity contribution in [3.05, 3.63) is 24.4 Å². The van der Waals surface area contributed by atoms with Gasteiger partial charge in [0, 0.05) is 12.7 Å². The summed E-state index contributed by atoms with van der Waals surface area (Å²) in [5.74, 6) is 0. The molecule has 0 aromatic carbocycles. The summed E-state index contributed by atoms with van der Waals surface area (Å²) in [5, 5.41) is -0.280. The highest BCUT2D eigenvalue weighted by atomic mass is 32.2. The number of rotatable bonds is 0. The van der Waals surface area contributed by atoms with Gasteiger partial charge in [-0.05, 0) is 12.5 Å². The monoisotopic (exact) mass is 171 g/mol. The largest absolute Gasteiger partial charge is 0.277 e. The number of allylic oxidation sites excluding steroid dienone is 2. The molecule has 0 amide bonds. The van der Waals surface area contributed by atoms with Crippen molar-refractivity contribution in [2.24, 2.45) is 0 Å². The quantitative estimate of drug-likeness (QED) is 0.531. The van der Waals surface area contributed by atoms with Crippen LogP contribution in [-0.4, -0.2) is 24.5 Å². The Bertz CT molecular complexity index is 289. The molecule has 1 fully saturated rings. The van der Waals surface area contributed by atoms with Gasteiger partial charge in [-0.15, -0.1) is 0 Å². The van der Waals surface area contributed by atoms with Crippen molar-refractivity contribution in [3.63, 3.8) is 0 Å². The van der Waals surface area contributed by atoms with Gasteiger partial charge in [-0.3, -0.25) is 4.31 Å². The average molecular weight is 171 g/mol. The Labute approximate surface area is 66.1 Å². The number of nitrogens with zero attached hydrogens (tertiary/aromatic N) is 1. The number of fused-ring (bicyclic) bond motifs is 2. The van der Waals surface area contributed by atoms with E-state index in [1.165, 1.54) is 4.31 Å². The zero-order chi connectivity index (χ0) is 7.90. The van der Waals surface area contributed by atoms with Crippen LogP contribution in [0.15, 0.2) is 24.4 Å². The fourth-order valence-electron chi connectivity index (χ4n) is 1.39. The Morgan fingerprint density at radius 3 is 3.00 bits per heavy atom. The summed E-state index contributed by atoms with van der Waals surface area (Å²) in [4.78, 5) is 0. The second kappa shape index (κ2) is 2.11. The van der Waals surface area contributed by atoms with Gasteiger partial charge in [0.15, 0.2) is 0 Å². The van der Waals surface area contributed by atoms with Gasteiger partial charge in [-0.2, -0.15) is 0 Å². The fourth-order valence-corrected chi connectivity index (χ4v) is 3.03. The summed E-state index contributed by atoms with van der Waals surface area (Å²) >= 11 is 0. The fraction of sp³-hybridized carbons (Fsp3) is 0.429. The molecular formula is C7H9NO2S. The van der Waals surface area contributed by atoms with E-state index >= 15 is 0 Å². The topological polar surface area (TPSA) is 37.4 Å². The van der Waals surface area contributed by atoms with Crippen molar-refractivity contribution in [2.75, 3.05) is 6.54 Å². The van der Waals surface area contributed by atoms with Crippen LogP contribution in [0.3, 0.4) is 0 Å². The van der Waals surface area contributed by atoms with Crippen LogP contribution < -0.4 is 0 Å². The molecule has 60 valence electrons. The predicted molar refractivity (Wildman–Crippen MR) is 42.3 cm³/mol. The van der Waals surface area contributed by atoms with Gasteiger partial charge in [-0.25, -0.2) is 8.42 Å². The van der Waals surface area contributed by atoms with Crippen LogP contribution in [0.2, 0.25) is 0 Å². The van der Waals surface area contributed by atoms with Crippen molar-refractivity contribution in [1.29, 1.82) is 0 Å². The minimum atomic E-state index is -3.01. The standard InChI is InChI=1S/C7H9NO2S/c9-11(10)7-3-1-2-5-8(11)6-4-7/h1-3,5,7H,4,6H2/t7-/m0/s1. The Morgan fingerprint density at radius 2 is 2.18 bits per heavy atom. The third kappa shape index (κ3) is 0.894. The first kappa shape index (κ1) is 6.91. The number of hydrogen-bond donors (Lipinski definition) is 0. The first-order chi connectivity index (χ1) is 5.21. The van der Waals surface area contributed by atoms with E-state index in [9.17, 15) is 8.42 Å². The lowest BCUT2D eigenvalue weighted by molar-refractivity contribution is 0.533. The van der Waals surface area contributed by atoms with Gasteiger partial charge in [-0.1, -0.05) is 12.2 Å². The molecule has 0 unspecified atom stereocenters. The second-order valence-corrected chi connectivity index (χ2v) is 4.81. The van der Waals surface area contributed by atoms with Gasteiger partial charge >= 0.3 is 0 Å². The van der Waals surface area contributed by atoms with Gasteiger partial charge in [0.25, 0.3) is 0 Å². The molecular weight excluding hydrogens is 162 g/mol. The van der Waals surface area contributed by atoms with Gasteiger partial charge in [0.05, 0.1) is 0 Å². The summed E-state index contributed by atoms with van der Waals surface area (Å²) < 4.78 is 24.3. The van der Waals surface area contributed by atoms with Gasteiger partial charge in [0.2, 0.25) is 10.0 Å². The van der Waals surface area contributed by atoms with Crippen LogP contribution >= 0.6 is 0 Å². The van der Waals surface area contributed by atoms with Gasteiger partial charge in [0.1, 0.15) is 5.25 Å². The van der Waals surface area contributed by atoms with E-state index < -0.39 is 10.0 Å². The molecule has 1 atom stereocenters. The Hall–Kier alpha value is -0.770. The smallest absolute Gasteiger partial charge is 0.241 e. The molecule has 0 spiro atoms. The Kier molecular flexibility index (Phi) is 1.32. The maximum atomic E-state index is 11.4. The lowest BCUT2D eigenvalue weighted by Gasteiger charge is -2.10. The van der Waals surface area contributed by atoms with Crippen LogP contribution in [0.5, 0.6) is 0 Å². The molecule has 2 aliphatic heterocycles. The average Bonchev–Trinajstić information content (AvgIpc) is 2.00. The third-order valence-electron chi connectivity index (χ3n) is 2.03. The second-order valence-electron chi connectivity index (χ2n) is 2.71. The van der Waals surface area contributed by atoms with Crippen molar-refractivity contribution >= 4 is 10.0 Å². The Balaban J connectivity index is 2.53. The molecule has 0 radical (unpaired) electrons. The predicted octanol–water partition coefficient (Wildman–Crippen LogP) is 0.474. The summed E-state index contributed by atoms with van der Waals surface area (Å²) in [6.07, 6.45) is 7.65. The molecule has 4 heteroatoms. The van der Waals surface area contributed by atoms with Crippen molar-refractivity contribution in [2.45, 2.75) is 11.7 Å². The van der Waals surface area contributed by atoms with E-state index in [0.29, 0.717) is 6.54 Å². The van der Waals surface area contributed by atoms with Crippen LogP contribution in [0.4, 0.5) is 0 Å². The van der Waals surface area contributed by atoms with Crippen molar-refractivity contribution in [1.82, 2.24) is 4.31 Å². The molecule has 2 aliphatic rings. The molecule has 3 nitrogen and oxygen atoms in total. The van der Waals surface area contributed by atoms with Crippen LogP contribution in [0.25, 0.3) is 0 Å². The molecule has 2 bridgehead atoms. The maximum Gasteiger partial charge on any atom is 0.241 e. The lowest BCUT2D eigenvalue weighted by Crippen LogP contribution is -2.22. The minimum absolute atomic E-state index is 0.280. The molecule has 0 N–H and O–H groups in total. The zero-order valence-electron chi connectivity index (χ0n) is 5.97. The number of hydrogen-bond acceptors (Lipinski definition) is 2. The summed E-state index contributed by atoms with van der Waals surface area (Å²) in [5.41, 5.74) is 0. The van der Waals surface area contributed by atoms with E-state index in [1.807, 2.05) is 0 Å². The first-order valence-corrected chi connectivity index (χ1v) is 5.07. The molecule has 0 aromatic heterocycles. The molecule has 1 saturated heterocycles.